The molecule has 1 saturated heterocycles. The highest BCUT2D eigenvalue weighted by atomic mass is 16.5. The summed E-state index contributed by atoms with van der Waals surface area (Å²) in [6, 6.07) is 9.91. The molecule has 0 amide bonds. The Morgan fingerprint density at radius 2 is 1.90 bits per heavy atom. The average Bonchev–Trinajstić information content (AvgIpc) is 2.98. The van der Waals surface area contributed by atoms with Crippen LogP contribution in [0, 0.1) is 0 Å². The molecule has 5 heteroatoms. The molecule has 0 unspecified atom stereocenters. The van der Waals surface area contributed by atoms with Crippen molar-refractivity contribution < 1.29 is 9.26 Å². The highest BCUT2D eigenvalue weighted by molar-refractivity contribution is 5.53. The molecule has 0 N–H and O–H groups in total. The Kier molecular flexibility index (Phi) is 4.40. The van der Waals surface area contributed by atoms with Crippen molar-refractivity contribution in [3.05, 3.63) is 36.2 Å². The molecule has 0 aliphatic carbocycles. The lowest BCUT2D eigenvalue weighted by molar-refractivity contribution is 0.0372. The highest BCUT2D eigenvalue weighted by Crippen LogP contribution is 2.15. The molecule has 2 aromatic rings. The molecule has 0 atom stereocenters. The van der Waals surface area contributed by atoms with Gasteiger partial charge in [0.05, 0.1) is 13.2 Å². The fourth-order valence-corrected chi connectivity index (χ4v) is 2.34. The fourth-order valence-electron chi connectivity index (χ4n) is 2.34. The van der Waals surface area contributed by atoms with Crippen LogP contribution < -0.4 is 0 Å². The van der Waals surface area contributed by atoms with Gasteiger partial charge in [-0.2, -0.15) is 4.98 Å². The zero-order valence-corrected chi connectivity index (χ0v) is 11.5. The van der Waals surface area contributed by atoms with Crippen molar-refractivity contribution in [2.75, 3.05) is 32.8 Å². The van der Waals surface area contributed by atoms with E-state index in [-0.39, 0.29) is 0 Å². The summed E-state index contributed by atoms with van der Waals surface area (Å²) in [4.78, 5) is 6.86. The third-order valence-electron chi connectivity index (χ3n) is 3.47. The van der Waals surface area contributed by atoms with E-state index in [0.717, 1.165) is 57.1 Å². The van der Waals surface area contributed by atoms with Gasteiger partial charge in [-0.3, -0.25) is 4.90 Å². The van der Waals surface area contributed by atoms with Crippen molar-refractivity contribution in [3.63, 3.8) is 0 Å². The standard InChI is InChI=1S/C15H19N3O2/c1-2-5-13(6-3-1)15-16-14(20-17-15)7-4-8-18-9-11-19-12-10-18/h1-3,5-6H,4,7-12H2. The van der Waals surface area contributed by atoms with Gasteiger partial charge in [-0.1, -0.05) is 35.5 Å². The first-order valence-electron chi connectivity index (χ1n) is 7.10. The number of benzene rings is 1. The van der Waals surface area contributed by atoms with Crippen LogP contribution in [0.15, 0.2) is 34.9 Å². The summed E-state index contributed by atoms with van der Waals surface area (Å²) < 4.78 is 10.6. The van der Waals surface area contributed by atoms with Gasteiger partial charge < -0.3 is 9.26 Å². The molecule has 106 valence electrons. The maximum atomic E-state index is 5.33. The molecule has 0 saturated carbocycles. The number of nitrogens with zero attached hydrogens (tertiary/aromatic N) is 3. The Morgan fingerprint density at radius 3 is 2.70 bits per heavy atom. The predicted octanol–water partition coefficient (Wildman–Crippen LogP) is 2.00. The van der Waals surface area contributed by atoms with Crippen molar-refractivity contribution in [1.82, 2.24) is 15.0 Å². The van der Waals surface area contributed by atoms with Crippen LogP contribution in [0.2, 0.25) is 0 Å². The first-order chi connectivity index (χ1) is 9.92. The minimum Gasteiger partial charge on any atom is -0.379 e. The normalized spacial score (nSPS) is 16.4. The summed E-state index contributed by atoms with van der Waals surface area (Å²) in [6.07, 6.45) is 1.87. The highest BCUT2D eigenvalue weighted by Gasteiger charge is 2.11. The number of aryl methyl sites for hydroxylation is 1. The molecule has 20 heavy (non-hydrogen) atoms. The van der Waals surface area contributed by atoms with Gasteiger partial charge in [-0.25, -0.2) is 0 Å². The Balaban J connectivity index is 1.50. The molecule has 0 bridgehead atoms. The van der Waals surface area contributed by atoms with Crippen molar-refractivity contribution >= 4 is 0 Å². The van der Waals surface area contributed by atoms with Crippen LogP contribution in [-0.2, 0) is 11.2 Å². The number of rotatable bonds is 5. The van der Waals surface area contributed by atoms with Crippen molar-refractivity contribution in [3.8, 4) is 11.4 Å². The maximum Gasteiger partial charge on any atom is 0.227 e. The van der Waals surface area contributed by atoms with Crippen LogP contribution in [0.1, 0.15) is 12.3 Å². The molecule has 1 fully saturated rings. The Bertz CT molecular complexity index is 521. The predicted molar refractivity (Wildman–Crippen MR) is 75.3 cm³/mol. The number of ether oxygens (including phenoxy) is 1. The van der Waals surface area contributed by atoms with E-state index in [2.05, 4.69) is 15.0 Å². The summed E-state index contributed by atoms with van der Waals surface area (Å²) in [5, 5.41) is 4.03. The third kappa shape index (κ3) is 3.43. The van der Waals surface area contributed by atoms with Crippen LogP contribution in [0.4, 0.5) is 0 Å². The molecule has 1 aromatic heterocycles. The van der Waals surface area contributed by atoms with Gasteiger partial charge in [0.2, 0.25) is 11.7 Å². The molecular formula is C15H19N3O2. The SMILES string of the molecule is c1ccc(-c2noc(CCCN3CCOCC3)n2)cc1. The van der Waals surface area contributed by atoms with E-state index in [9.17, 15) is 0 Å². The maximum absolute atomic E-state index is 5.33. The number of hydrogen-bond donors (Lipinski definition) is 0. The van der Waals surface area contributed by atoms with Gasteiger partial charge in [0.25, 0.3) is 0 Å². The Hall–Kier alpha value is -1.72. The van der Waals surface area contributed by atoms with E-state index in [1.54, 1.807) is 0 Å². The summed E-state index contributed by atoms with van der Waals surface area (Å²) in [5.74, 6) is 1.39. The molecule has 0 radical (unpaired) electrons. The summed E-state index contributed by atoms with van der Waals surface area (Å²) in [6.45, 7) is 4.81. The van der Waals surface area contributed by atoms with E-state index in [0.29, 0.717) is 5.82 Å². The lowest BCUT2D eigenvalue weighted by atomic mass is 10.2. The minimum absolute atomic E-state index is 0.673. The zero-order chi connectivity index (χ0) is 13.6. The average molecular weight is 273 g/mol. The number of hydrogen-bond acceptors (Lipinski definition) is 5. The smallest absolute Gasteiger partial charge is 0.227 e. The third-order valence-corrected chi connectivity index (χ3v) is 3.47. The lowest BCUT2D eigenvalue weighted by Crippen LogP contribution is -2.36. The van der Waals surface area contributed by atoms with E-state index >= 15 is 0 Å². The van der Waals surface area contributed by atoms with Gasteiger partial charge in [0, 0.05) is 25.1 Å². The second-order valence-corrected chi connectivity index (χ2v) is 4.94. The van der Waals surface area contributed by atoms with Gasteiger partial charge >= 0.3 is 0 Å². The number of morpholine rings is 1. The van der Waals surface area contributed by atoms with Crippen molar-refractivity contribution in [2.24, 2.45) is 0 Å². The molecule has 1 aliphatic heterocycles. The Morgan fingerprint density at radius 1 is 1.10 bits per heavy atom. The first kappa shape index (κ1) is 13.3. The van der Waals surface area contributed by atoms with Gasteiger partial charge in [0.15, 0.2) is 0 Å². The minimum atomic E-state index is 0.673. The monoisotopic (exact) mass is 273 g/mol. The lowest BCUT2D eigenvalue weighted by Gasteiger charge is -2.26. The molecule has 3 rings (SSSR count). The van der Waals surface area contributed by atoms with Gasteiger partial charge in [0.1, 0.15) is 0 Å². The molecule has 1 aromatic carbocycles. The summed E-state index contributed by atoms with van der Waals surface area (Å²) in [7, 11) is 0. The van der Waals surface area contributed by atoms with Gasteiger partial charge in [-0.15, -0.1) is 0 Å². The van der Waals surface area contributed by atoms with E-state index in [4.69, 9.17) is 9.26 Å². The molecule has 5 nitrogen and oxygen atoms in total. The molecule has 1 aliphatic rings. The van der Waals surface area contributed by atoms with E-state index in [1.165, 1.54) is 0 Å². The molecular weight excluding hydrogens is 254 g/mol. The van der Waals surface area contributed by atoms with Crippen LogP contribution in [0.5, 0.6) is 0 Å². The Labute approximate surface area is 118 Å². The molecule has 2 heterocycles. The summed E-state index contributed by atoms with van der Waals surface area (Å²) >= 11 is 0. The van der Waals surface area contributed by atoms with Gasteiger partial charge in [-0.05, 0) is 13.0 Å². The second-order valence-electron chi connectivity index (χ2n) is 4.94. The summed E-state index contributed by atoms with van der Waals surface area (Å²) in [5.41, 5.74) is 0.996. The largest absolute Gasteiger partial charge is 0.379 e. The second kappa shape index (κ2) is 6.63. The van der Waals surface area contributed by atoms with Crippen molar-refractivity contribution in [1.29, 1.82) is 0 Å². The van der Waals surface area contributed by atoms with Crippen LogP contribution in [0.3, 0.4) is 0 Å². The fraction of sp³-hybridized carbons (Fsp3) is 0.467. The van der Waals surface area contributed by atoms with E-state index in [1.807, 2.05) is 30.3 Å². The number of aromatic nitrogens is 2. The van der Waals surface area contributed by atoms with Crippen LogP contribution in [0.25, 0.3) is 11.4 Å². The topological polar surface area (TPSA) is 51.4 Å². The van der Waals surface area contributed by atoms with Crippen LogP contribution in [-0.4, -0.2) is 47.9 Å². The zero-order valence-electron chi connectivity index (χ0n) is 11.5. The quantitative estimate of drug-likeness (QED) is 0.834. The molecule has 0 spiro atoms. The van der Waals surface area contributed by atoms with Crippen LogP contribution >= 0.6 is 0 Å². The van der Waals surface area contributed by atoms with E-state index < -0.39 is 0 Å². The first-order valence-corrected chi connectivity index (χ1v) is 7.10. The van der Waals surface area contributed by atoms with Crippen molar-refractivity contribution in [2.45, 2.75) is 12.8 Å².